The van der Waals surface area contributed by atoms with Gasteiger partial charge in [0.15, 0.2) is 0 Å². The van der Waals surface area contributed by atoms with Crippen molar-refractivity contribution in [2.75, 3.05) is 10.8 Å². The fourth-order valence-corrected chi connectivity index (χ4v) is 9.46. The zero-order valence-electron chi connectivity index (χ0n) is 24.6. The molecule has 0 radical (unpaired) electrons. The first kappa shape index (κ1) is 30.8. The molecule has 0 N–H and O–H groups in total. The Labute approximate surface area is 266 Å². The van der Waals surface area contributed by atoms with E-state index in [1.54, 1.807) is 77.1 Å². The molecule has 2 aromatic carbocycles. The Bertz CT molecular complexity index is 2040. The lowest BCUT2D eigenvalue weighted by atomic mass is 10.2. The zero-order chi connectivity index (χ0) is 31.8. The number of anilines is 1. The molecule has 1 fully saturated rings. The molecule has 1 amide bonds. The van der Waals surface area contributed by atoms with E-state index in [4.69, 9.17) is 0 Å². The van der Waals surface area contributed by atoms with Crippen LogP contribution in [0, 0.1) is 13.8 Å². The predicted molar refractivity (Wildman–Crippen MR) is 172 cm³/mol. The maximum absolute atomic E-state index is 14.2. The molecule has 0 aliphatic carbocycles. The van der Waals surface area contributed by atoms with E-state index in [2.05, 4.69) is 9.97 Å². The van der Waals surface area contributed by atoms with Crippen LogP contribution in [0.2, 0.25) is 0 Å². The zero-order valence-corrected chi connectivity index (χ0v) is 27.1. The van der Waals surface area contributed by atoms with Crippen molar-refractivity contribution in [3.05, 3.63) is 125 Å². The number of carbonyl (C=O) groups is 1. The average molecular weight is 662 g/mol. The second-order valence-electron chi connectivity index (χ2n) is 10.9. The number of thiazole rings is 1. The van der Waals surface area contributed by atoms with Crippen molar-refractivity contribution in [1.82, 2.24) is 18.8 Å². The van der Waals surface area contributed by atoms with Crippen molar-refractivity contribution in [2.45, 2.75) is 49.1 Å². The van der Waals surface area contributed by atoms with Crippen LogP contribution in [-0.2, 0) is 26.6 Å². The van der Waals surface area contributed by atoms with Crippen molar-refractivity contribution < 1.29 is 21.6 Å². The number of rotatable bonds is 9. The number of carbonyl (C=O) groups excluding carboxylic acids is 1. The Hall–Kier alpha value is -4.17. The average Bonchev–Trinajstić information content (AvgIpc) is 3.80. The van der Waals surface area contributed by atoms with Crippen molar-refractivity contribution >= 4 is 42.4 Å². The third-order valence-electron chi connectivity index (χ3n) is 7.75. The van der Waals surface area contributed by atoms with Gasteiger partial charge in [0.1, 0.15) is 5.69 Å². The minimum absolute atomic E-state index is 0.0603. The maximum Gasteiger partial charge on any atom is 0.290 e. The van der Waals surface area contributed by atoms with Gasteiger partial charge in [-0.1, -0.05) is 35.4 Å². The number of benzene rings is 2. The Balaban J connectivity index is 1.39. The highest BCUT2D eigenvalue weighted by molar-refractivity contribution is 7.93. The summed E-state index contributed by atoms with van der Waals surface area (Å²) in [6.07, 6.45) is 6.15. The third-order valence-corrected chi connectivity index (χ3v) is 12.3. The fraction of sp³-hybridized carbons (Fsp3) is 0.219. The molecule has 1 saturated heterocycles. The molecule has 1 atom stereocenters. The molecule has 10 nitrogen and oxygen atoms in total. The largest absolute Gasteiger partial charge is 0.339 e. The first-order valence-corrected chi connectivity index (χ1v) is 18.1. The van der Waals surface area contributed by atoms with Gasteiger partial charge in [0.2, 0.25) is 15.2 Å². The van der Waals surface area contributed by atoms with Crippen LogP contribution in [0.5, 0.6) is 0 Å². The quantitative estimate of drug-likeness (QED) is 0.203. The van der Waals surface area contributed by atoms with E-state index in [-0.39, 0.29) is 20.6 Å². The minimum atomic E-state index is -4.41. The molecule has 13 heteroatoms. The normalized spacial score (nSPS) is 15.7. The summed E-state index contributed by atoms with van der Waals surface area (Å²) in [4.78, 5) is 23.0. The molecular weight excluding hydrogens is 631 g/mol. The minimum Gasteiger partial charge on any atom is -0.339 e. The Morgan fingerprint density at radius 1 is 0.911 bits per heavy atom. The number of aromatic nitrogens is 3. The van der Waals surface area contributed by atoms with Crippen molar-refractivity contribution in [3.63, 3.8) is 0 Å². The summed E-state index contributed by atoms with van der Waals surface area (Å²) in [6, 6.07) is 19.2. The first-order chi connectivity index (χ1) is 21.6. The number of hydrogen-bond donors (Lipinski definition) is 0. The van der Waals surface area contributed by atoms with Gasteiger partial charge in [0, 0.05) is 37.1 Å². The lowest BCUT2D eigenvalue weighted by Gasteiger charge is -2.23. The van der Waals surface area contributed by atoms with Crippen LogP contribution in [-0.4, -0.2) is 48.1 Å². The van der Waals surface area contributed by atoms with E-state index >= 15 is 0 Å². The molecule has 6 rings (SSSR count). The standard InChI is InChI=1S/C32H31N5O5S3/c1-23-7-11-26(12-8-23)44(39,40)36-20-4-5-29(36)28-22-43-32(34-28)37(45(41,42)27-13-9-24(2)10-14-27)31(38)30-6-3-19-35(30)21-25-15-17-33-18-16-25/h3,6-19,22,29H,4-5,20-21H2,1-2H3. The molecule has 4 heterocycles. The molecule has 1 aliphatic heterocycles. The summed E-state index contributed by atoms with van der Waals surface area (Å²) >= 11 is 0.991. The third kappa shape index (κ3) is 6.08. The molecule has 1 aliphatic rings. The van der Waals surface area contributed by atoms with Crippen LogP contribution in [0.1, 0.15) is 51.8 Å². The van der Waals surface area contributed by atoms with Gasteiger partial charge in [0.25, 0.3) is 15.9 Å². The van der Waals surface area contributed by atoms with Crippen molar-refractivity contribution in [1.29, 1.82) is 0 Å². The van der Waals surface area contributed by atoms with Gasteiger partial charge >= 0.3 is 0 Å². The van der Waals surface area contributed by atoms with E-state index in [0.29, 0.717) is 31.6 Å². The highest BCUT2D eigenvalue weighted by Gasteiger charge is 2.40. The molecule has 232 valence electrons. The number of pyridine rings is 1. The summed E-state index contributed by atoms with van der Waals surface area (Å²) < 4.78 is 59.4. The number of nitrogens with zero attached hydrogens (tertiary/aromatic N) is 5. The van der Waals surface area contributed by atoms with Gasteiger partial charge in [-0.15, -0.1) is 11.3 Å². The van der Waals surface area contributed by atoms with Crippen molar-refractivity contribution in [2.24, 2.45) is 0 Å². The molecule has 3 aromatic heterocycles. The monoisotopic (exact) mass is 661 g/mol. The van der Waals surface area contributed by atoms with Gasteiger partial charge in [0.05, 0.1) is 21.5 Å². The van der Waals surface area contributed by atoms with Gasteiger partial charge in [-0.2, -0.15) is 8.61 Å². The van der Waals surface area contributed by atoms with Crippen molar-refractivity contribution in [3.8, 4) is 0 Å². The van der Waals surface area contributed by atoms with Crippen LogP contribution >= 0.6 is 11.3 Å². The first-order valence-electron chi connectivity index (χ1n) is 14.3. The number of amides is 1. The highest BCUT2D eigenvalue weighted by atomic mass is 32.2. The second-order valence-corrected chi connectivity index (χ2v) is 15.4. The molecular formula is C32H31N5O5S3. The summed E-state index contributed by atoms with van der Waals surface area (Å²) in [7, 11) is -8.24. The van der Waals surface area contributed by atoms with E-state index in [9.17, 15) is 21.6 Å². The summed E-state index contributed by atoms with van der Waals surface area (Å²) in [6.45, 7) is 4.36. The SMILES string of the molecule is Cc1ccc(S(=O)(=O)N(C(=O)c2cccn2Cc2ccncc2)c2nc(C3CCCN3S(=O)(=O)c3ccc(C)cc3)cs2)cc1. The fourth-order valence-electron chi connectivity index (χ4n) is 5.34. The van der Waals surface area contributed by atoms with Crippen LogP contribution in [0.3, 0.4) is 0 Å². The molecule has 0 saturated carbocycles. The van der Waals surface area contributed by atoms with Crippen LogP contribution in [0.15, 0.2) is 107 Å². The lowest BCUT2D eigenvalue weighted by Crippen LogP contribution is -2.38. The summed E-state index contributed by atoms with van der Waals surface area (Å²) in [5, 5.41) is 1.58. The highest BCUT2D eigenvalue weighted by Crippen LogP contribution is 2.39. The summed E-state index contributed by atoms with van der Waals surface area (Å²) in [5.74, 6) is -0.772. The second kappa shape index (κ2) is 12.3. The lowest BCUT2D eigenvalue weighted by molar-refractivity contribution is 0.0997. The van der Waals surface area contributed by atoms with E-state index in [1.165, 1.54) is 16.4 Å². The number of aryl methyl sites for hydroxylation is 2. The Morgan fingerprint density at radius 2 is 1.56 bits per heavy atom. The summed E-state index contributed by atoms with van der Waals surface area (Å²) in [5.41, 5.74) is 3.25. The Kier molecular flexibility index (Phi) is 8.44. The molecule has 0 spiro atoms. The molecule has 0 bridgehead atoms. The van der Waals surface area contributed by atoms with Gasteiger partial charge in [-0.05, 0) is 80.8 Å². The van der Waals surface area contributed by atoms with E-state index in [1.807, 2.05) is 26.0 Å². The van der Waals surface area contributed by atoms with Gasteiger partial charge < -0.3 is 4.57 Å². The van der Waals surface area contributed by atoms with Crippen LogP contribution < -0.4 is 4.31 Å². The topological polar surface area (TPSA) is 123 Å². The number of sulfonamides is 2. The molecule has 45 heavy (non-hydrogen) atoms. The van der Waals surface area contributed by atoms with E-state index < -0.39 is 32.0 Å². The maximum atomic E-state index is 14.2. The van der Waals surface area contributed by atoms with Gasteiger partial charge in [-0.3, -0.25) is 9.78 Å². The Morgan fingerprint density at radius 3 is 2.22 bits per heavy atom. The van der Waals surface area contributed by atoms with Gasteiger partial charge in [-0.25, -0.2) is 21.8 Å². The molecule has 1 unspecified atom stereocenters. The smallest absolute Gasteiger partial charge is 0.290 e. The van der Waals surface area contributed by atoms with Crippen LogP contribution in [0.4, 0.5) is 5.13 Å². The number of hydrogen-bond acceptors (Lipinski definition) is 8. The van der Waals surface area contributed by atoms with Crippen LogP contribution in [0.25, 0.3) is 0 Å². The predicted octanol–water partition coefficient (Wildman–Crippen LogP) is 5.57. The van der Waals surface area contributed by atoms with E-state index in [0.717, 1.165) is 32.3 Å². The molecule has 5 aromatic rings.